The molecule has 2 aliphatic heterocycles. The highest BCUT2D eigenvalue weighted by atomic mass is 35.5. The maximum Gasteiger partial charge on any atom is 0.355 e. The van der Waals surface area contributed by atoms with Gasteiger partial charge in [-0.1, -0.05) is 49.1 Å². The van der Waals surface area contributed by atoms with Crippen molar-refractivity contribution in [2.24, 2.45) is 5.10 Å². The van der Waals surface area contributed by atoms with Crippen LogP contribution in [0.3, 0.4) is 0 Å². The smallest absolute Gasteiger partial charge is 0.355 e. The maximum atomic E-state index is 14.4. The first-order valence-electron chi connectivity index (χ1n) is 11.4. The average Bonchev–Trinajstić information content (AvgIpc) is 3.30. The number of halogens is 2. The van der Waals surface area contributed by atoms with Crippen molar-refractivity contribution >= 4 is 34.9 Å². The van der Waals surface area contributed by atoms with E-state index in [9.17, 15) is 14.0 Å². The minimum Gasteiger partial charge on any atom is -0.461 e. The minimum atomic E-state index is -1.34. The molecule has 3 aliphatic rings. The van der Waals surface area contributed by atoms with Gasteiger partial charge in [0.15, 0.2) is 11.3 Å². The summed E-state index contributed by atoms with van der Waals surface area (Å²) < 4.78 is 19.7. The fourth-order valence-electron chi connectivity index (χ4n) is 5.53. The number of hydrazone groups is 1. The number of nitrogens with one attached hydrogen (secondary N) is 1. The number of rotatable bonds is 4. The number of anilines is 1. The van der Waals surface area contributed by atoms with E-state index in [1.54, 1.807) is 37.3 Å². The third kappa shape index (κ3) is 3.41. The molecule has 1 aliphatic carbocycles. The third-order valence-corrected chi connectivity index (χ3v) is 7.08. The number of benzene rings is 2. The summed E-state index contributed by atoms with van der Waals surface area (Å²) >= 11 is 6.23. The van der Waals surface area contributed by atoms with Crippen LogP contribution in [-0.4, -0.2) is 35.2 Å². The highest BCUT2D eigenvalue weighted by Crippen LogP contribution is 2.55. The van der Waals surface area contributed by atoms with E-state index >= 15 is 0 Å². The standard InChI is InChI=1S/C25H25ClFN3O3/c1-2-33-23(31)22-21(15-7-6-8-17(27)13-15)25(30(29-22)18-9-4-3-5-10-18)19-12-11-16(26)14-20(19)28-24(25)32/h6-8,11-14,18,21H,2-5,9-10H2,1H3,(H,28,32). The number of hydrogen-bond donors (Lipinski definition) is 1. The number of fused-ring (bicyclic) bond motifs is 2. The largest absolute Gasteiger partial charge is 0.461 e. The number of amides is 1. The van der Waals surface area contributed by atoms with Gasteiger partial charge in [0.25, 0.3) is 5.91 Å². The van der Waals surface area contributed by atoms with Gasteiger partial charge in [0.1, 0.15) is 5.82 Å². The number of ether oxygens (including phenoxy) is 1. The van der Waals surface area contributed by atoms with E-state index in [0.717, 1.165) is 32.1 Å². The van der Waals surface area contributed by atoms with Gasteiger partial charge in [0.2, 0.25) is 0 Å². The molecule has 0 aromatic heterocycles. The zero-order chi connectivity index (χ0) is 23.2. The molecule has 1 fully saturated rings. The number of hydrogen-bond acceptors (Lipinski definition) is 5. The summed E-state index contributed by atoms with van der Waals surface area (Å²) in [4.78, 5) is 27.0. The highest BCUT2D eigenvalue weighted by molar-refractivity contribution is 6.41. The number of esters is 1. The Morgan fingerprint density at radius 1 is 1.24 bits per heavy atom. The molecular weight excluding hydrogens is 445 g/mol. The lowest BCUT2D eigenvalue weighted by Gasteiger charge is -2.42. The van der Waals surface area contributed by atoms with Crippen LogP contribution in [0.1, 0.15) is 56.1 Å². The van der Waals surface area contributed by atoms with E-state index in [0.29, 0.717) is 21.8 Å². The zero-order valence-electron chi connectivity index (χ0n) is 18.3. The van der Waals surface area contributed by atoms with E-state index in [1.165, 1.54) is 12.1 Å². The van der Waals surface area contributed by atoms with Crippen molar-refractivity contribution in [3.05, 3.63) is 64.4 Å². The molecule has 172 valence electrons. The Hall–Kier alpha value is -2.93. The second-order valence-electron chi connectivity index (χ2n) is 8.74. The van der Waals surface area contributed by atoms with Crippen LogP contribution in [0.5, 0.6) is 0 Å². The summed E-state index contributed by atoms with van der Waals surface area (Å²) in [7, 11) is 0. The number of carbonyl (C=O) groups excluding carboxylic acids is 2. The molecule has 6 nitrogen and oxygen atoms in total. The van der Waals surface area contributed by atoms with Crippen molar-refractivity contribution in [1.29, 1.82) is 0 Å². The molecule has 0 bridgehead atoms. The Morgan fingerprint density at radius 3 is 2.76 bits per heavy atom. The molecule has 2 unspecified atom stereocenters. The summed E-state index contributed by atoms with van der Waals surface area (Å²) in [6.07, 6.45) is 4.86. The van der Waals surface area contributed by atoms with Gasteiger partial charge < -0.3 is 10.1 Å². The van der Waals surface area contributed by atoms with Gasteiger partial charge in [-0.2, -0.15) is 5.10 Å². The lowest BCUT2D eigenvalue weighted by molar-refractivity contribution is -0.135. The summed E-state index contributed by atoms with van der Waals surface area (Å²) in [6, 6.07) is 11.2. The van der Waals surface area contributed by atoms with Gasteiger partial charge in [0.05, 0.1) is 12.5 Å². The molecule has 1 amide bonds. The molecule has 1 spiro atoms. The van der Waals surface area contributed by atoms with E-state index in [1.807, 2.05) is 5.01 Å². The Labute approximate surface area is 196 Å². The molecular formula is C25H25ClFN3O3. The van der Waals surface area contributed by atoms with Crippen LogP contribution in [-0.2, 0) is 19.9 Å². The zero-order valence-corrected chi connectivity index (χ0v) is 19.1. The van der Waals surface area contributed by atoms with E-state index in [2.05, 4.69) is 5.32 Å². The average molecular weight is 470 g/mol. The quantitative estimate of drug-likeness (QED) is 0.641. The van der Waals surface area contributed by atoms with E-state index in [-0.39, 0.29) is 24.3 Å². The van der Waals surface area contributed by atoms with Crippen molar-refractivity contribution in [2.75, 3.05) is 11.9 Å². The molecule has 0 saturated heterocycles. The Bertz CT molecular complexity index is 1150. The predicted octanol–water partition coefficient (Wildman–Crippen LogP) is 4.98. The van der Waals surface area contributed by atoms with Crippen LogP contribution in [0.15, 0.2) is 47.6 Å². The molecule has 2 atom stereocenters. The van der Waals surface area contributed by atoms with Crippen molar-refractivity contribution in [3.63, 3.8) is 0 Å². The van der Waals surface area contributed by atoms with Crippen LogP contribution in [0.2, 0.25) is 5.02 Å². The fourth-order valence-corrected chi connectivity index (χ4v) is 5.71. The first kappa shape index (κ1) is 21.9. The van der Waals surface area contributed by atoms with Crippen LogP contribution >= 0.6 is 11.6 Å². The molecule has 2 aromatic rings. The van der Waals surface area contributed by atoms with Crippen molar-refractivity contribution in [2.45, 2.75) is 56.5 Å². The van der Waals surface area contributed by atoms with Gasteiger partial charge in [-0.15, -0.1) is 0 Å². The lowest BCUT2D eigenvalue weighted by atomic mass is 9.72. The summed E-state index contributed by atoms with van der Waals surface area (Å²) in [6.45, 7) is 1.89. The SMILES string of the molecule is CCOC(=O)C1=NN(C2CCCCC2)C2(C(=O)Nc3cc(Cl)ccc32)C1c1cccc(F)c1. The normalized spacial score (nSPS) is 24.6. The first-order chi connectivity index (χ1) is 16.0. The molecule has 2 heterocycles. The summed E-state index contributed by atoms with van der Waals surface area (Å²) in [5, 5.41) is 10.0. The molecule has 1 saturated carbocycles. The van der Waals surface area contributed by atoms with E-state index < -0.39 is 23.2 Å². The number of nitrogens with zero attached hydrogens (tertiary/aromatic N) is 2. The second kappa shape index (κ2) is 8.45. The summed E-state index contributed by atoms with van der Waals surface area (Å²) in [5.74, 6) is -2.18. The van der Waals surface area contributed by atoms with Crippen LogP contribution in [0, 0.1) is 5.82 Å². The number of carbonyl (C=O) groups is 2. The van der Waals surface area contributed by atoms with E-state index in [4.69, 9.17) is 21.4 Å². The molecule has 2 aromatic carbocycles. The second-order valence-corrected chi connectivity index (χ2v) is 9.18. The van der Waals surface area contributed by atoms with Crippen molar-refractivity contribution in [3.8, 4) is 0 Å². The Balaban J connectivity index is 1.77. The van der Waals surface area contributed by atoms with Crippen LogP contribution in [0.25, 0.3) is 0 Å². The van der Waals surface area contributed by atoms with Crippen molar-refractivity contribution < 1.29 is 18.7 Å². The van der Waals surface area contributed by atoms with Gasteiger partial charge in [-0.3, -0.25) is 9.80 Å². The molecule has 8 heteroatoms. The minimum absolute atomic E-state index is 0.0332. The molecule has 0 radical (unpaired) electrons. The molecule has 33 heavy (non-hydrogen) atoms. The lowest BCUT2D eigenvalue weighted by Crippen LogP contribution is -2.54. The Morgan fingerprint density at radius 2 is 2.03 bits per heavy atom. The molecule has 5 rings (SSSR count). The topological polar surface area (TPSA) is 71.0 Å². The van der Waals surface area contributed by atoms with Crippen LogP contribution < -0.4 is 5.32 Å². The third-order valence-electron chi connectivity index (χ3n) is 6.84. The van der Waals surface area contributed by atoms with Crippen LogP contribution in [0.4, 0.5) is 10.1 Å². The monoisotopic (exact) mass is 469 g/mol. The summed E-state index contributed by atoms with van der Waals surface area (Å²) in [5.41, 5.74) is 0.538. The Kier molecular flexibility index (Phi) is 5.60. The highest BCUT2D eigenvalue weighted by Gasteiger charge is 2.64. The van der Waals surface area contributed by atoms with Gasteiger partial charge >= 0.3 is 5.97 Å². The maximum absolute atomic E-state index is 14.4. The van der Waals surface area contributed by atoms with Gasteiger partial charge in [0, 0.05) is 22.3 Å². The van der Waals surface area contributed by atoms with Crippen molar-refractivity contribution in [1.82, 2.24) is 5.01 Å². The molecule has 1 N–H and O–H groups in total. The first-order valence-corrected chi connectivity index (χ1v) is 11.8. The predicted molar refractivity (Wildman–Crippen MR) is 124 cm³/mol. The van der Waals surface area contributed by atoms with Gasteiger partial charge in [-0.05, 0) is 49.6 Å². The fraction of sp³-hybridized carbons (Fsp3) is 0.400. The van der Waals surface area contributed by atoms with Gasteiger partial charge in [-0.25, -0.2) is 9.18 Å².